The Hall–Kier alpha value is -1.29. The number of aromatic nitrogens is 1. The lowest BCUT2D eigenvalue weighted by Gasteiger charge is -2.62. The van der Waals surface area contributed by atoms with E-state index >= 15 is 0 Å². The van der Waals surface area contributed by atoms with E-state index in [0.29, 0.717) is 29.1 Å². The van der Waals surface area contributed by atoms with Gasteiger partial charge in [-0.15, -0.1) is 0 Å². The van der Waals surface area contributed by atoms with E-state index in [1.807, 2.05) is 0 Å². The van der Waals surface area contributed by atoms with Crippen molar-refractivity contribution in [3.63, 3.8) is 0 Å². The van der Waals surface area contributed by atoms with Crippen molar-refractivity contribution < 1.29 is 13.9 Å². The van der Waals surface area contributed by atoms with Gasteiger partial charge in [0.1, 0.15) is 0 Å². The lowest BCUT2D eigenvalue weighted by atomic mass is 9.43. The van der Waals surface area contributed by atoms with E-state index < -0.39 is 6.43 Å². The third kappa shape index (κ3) is 2.85. The van der Waals surface area contributed by atoms with Gasteiger partial charge >= 0.3 is 0 Å². The van der Waals surface area contributed by atoms with Crippen LogP contribution in [0.25, 0.3) is 5.57 Å². The molecule has 1 aromatic rings. The van der Waals surface area contributed by atoms with Crippen LogP contribution < -0.4 is 0 Å². The zero-order chi connectivity index (χ0) is 21.3. The van der Waals surface area contributed by atoms with Crippen LogP contribution in [-0.4, -0.2) is 16.2 Å². The number of allylic oxidation sites excluding steroid dienone is 2. The summed E-state index contributed by atoms with van der Waals surface area (Å²) < 4.78 is 26.5. The van der Waals surface area contributed by atoms with Crippen molar-refractivity contribution in [3.8, 4) is 0 Å². The lowest BCUT2D eigenvalue weighted by molar-refractivity contribution is -0.138. The molecule has 0 amide bonds. The van der Waals surface area contributed by atoms with Gasteiger partial charge in [-0.05, 0) is 103 Å². The monoisotopic (exact) mass is 415 g/mol. The molecule has 0 radical (unpaired) electrons. The van der Waals surface area contributed by atoms with Crippen LogP contribution >= 0.6 is 0 Å². The summed E-state index contributed by atoms with van der Waals surface area (Å²) in [5.41, 5.74) is 2.57. The van der Waals surface area contributed by atoms with E-state index in [4.69, 9.17) is 0 Å². The molecule has 5 rings (SSSR count). The molecule has 0 bridgehead atoms. The van der Waals surface area contributed by atoms with E-state index in [-0.39, 0.29) is 17.1 Å². The molecule has 4 unspecified atom stereocenters. The van der Waals surface area contributed by atoms with Crippen molar-refractivity contribution in [2.24, 2.45) is 40.4 Å². The van der Waals surface area contributed by atoms with Gasteiger partial charge in [0.15, 0.2) is 0 Å². The Morgan fingerprint density at radius 3 is 2.60 bits per heavy atom. The number of rotatable bonds is 2. The van der Waals surface area contributed by atoms with Gasteiger partial charge in [0.25, 0.3) is 6.43 Å². The van der Waals surface area contributed by atoms with Gasteiger partial charge in [0.05, 0.1) is 6.10 Å². The number of hydrogen-bond donors (Lipinski definition) is 1. The number of aliphatic hydroxyl groups excluding tert-OH is 1. The normalized spacial score (nSPS) is 45.5. The summed E-state index contributed by atoms with van der Waals surface area (Å²) in [6.45, 7) is 7.15. The molecular formula is C26H35F2NO. The first-order chi connectivity index (χ1) is 14.3. The van der Waals surface area contributed by atoms with E-state index in [2.05, 4.69) is 31.8 Å². The Labute approximate surface area is 179 Å². The summed E-state index contributed by atoms with van der Waals surface area (Å²) in [6, 6.07) is 1.66. The molecule has 0 saturated heterocycles. The van der Waals surface area contributed by atoms with Gasteiger partial charge in [-0.25, -0.2) is 8.78 Å². The number of alkyl halides is 2. The fourth-order valence-corrected chi connectivity index (χ4v) is 8.45. The van der Waals surface area contributed by atoms with Crippen molar-refractivity contribution in [2.45, 2.75) is 78.2 Å². The molecule has 0 aromatic carbocycles. The number of hydrogen-bond acceptors (Lipinski definition) is 2. The third-order valence-corrected chi connectivity index (χ3v) is 10.1. The molecule has 2 nitrogen and oxygen atoms in total. The molecular weight excluding hydrogens is 380 g/mol. The number of nitrogens with zero attached hydrogens (tertiary/aromatic N) is 1. The van der Waals surface area contributed by atoms with Crippen molar-refractivity contribution in [3.05, 3.63) is 35.7 Å². The average Bonchev–Trinajstić information content (AvgIpc) is 3.08. The first-order valence-corrected chi connectivity index (χ1v) is 11.9. The minimum absolute atomic E-state index is 0.0249. The molecule has 8 atom stereocenters. The van der Waals surface area contributed by atoms with Crippen molar-refractivity contribution >= 4 is 5.57 Å². The number of halogens is 2. The molecule has 0 spiro atoms. The topological polar surface area (TPSA) is 33.1 Å². The van der Waals surface area contributed by atoms with E-state index in [1.54, 1.807) is 12.3 Å². The highest BCUT2D eigenvalue weighted by Gasteiger charge is 2.59. The molecule has 3 fully saturated rings. The molecule has 4 aliphatic carbocycles. The molecule has 3 saturated carbocycles. The SMILES string of the molecule is C[C@H]1C2CCC3C(CC[C@]4(C)C(c5cncc(C(F)F)c5)=CCC34)[C@@]2(C)CC[C@H]1O. The van der Waals surface area contributed by atoms with Crippen molar-refractivity contribution in [1.29, 1.82) is 0 Å². The van der Waals surface area contributed by atoms with E-state index in [1.165, 1.54) is 31.0 Å². The summed E-state index contributed by atoms with van der Waals surface area (Å²) in [4.78, 5) is 4.14. The highest BCUT2D eigenvalue weighted by Crippen LogP contribution is 2.68. The highest BCUT2D eigenvalue weighted by molar-refractivity contribution is 5.72. The minimum atomic E-state index is -2.47. The fourth-order valence-electron chi connectivity index (χ4n) is 8.45. The summed E-state index contributed by atoms with van der Waals surface area (Å²) in [7, 11) is 0. The van der Waals surface area contributed by atoms with Crippen LogP contribution in [0, 0.1) is 40.4 Å². The standard InChI is InChI=1S/C26H35F2NO/c1-15-19-5-4-18-21-7-6-20(16-12-17(24(27)28)14-29-13-16)26(21,3)10-8-22(18)25(19,2)11-9-23(15)30/h6,12-15,18-19,21-24,30H,4-5,7-11H2,1-3H3/t15-,18?,19?,21?,22?,23+,25-,26+/m0/s1. The summed E-state index contributed by atoms with van der Waals surface area (Å²) in [5, 5.41) is 10.5. The van der Waals surface area contributed by atoms with Gasteiger partial charge in [-0.2, -0.15) is 0 Å². The maximum atomic E-state index is 13.3. The predicted octanol–water partition coefficient (Wildman–Crippen LogP) is 6.66. The zero-order valence-corrected chi connectivity index (χ0v) is 18.5. The highest BCUT2D eigenvalue weighted by atomic mass is 19.3. The van der Waals surface area contributed by atoms with Crippen molar-refractivity contribution in [2.75, 3.05) is 0 Å². The smallest absolute Gasteiger partial charge is 0.265 e. The summed E-state index contributed by atoms with van der Waals surface area (Å²) in [6.07, 6.45) is 10.8. The van der Waals surface area contributed by atoms with E-state index in [0.717, 1.165) is 37.2 Å². The van der Waals surface area contributed by atoms with Crippen LogP contribution in [0.4, 0.5) is 8.78 Å². The number of fused-ring (bicyclic) bond motifs is 5. The molecule has 0 aliphatic heterocycles. The zero-order valence-electron chi connectivity index (χ0n) is 18.5. The van der Waals surface area contributed by atoms with Crippen LogP contribution in [0.3, 0.4) is 0 Å². The van der Waals surface area contributed by atoms with Crippen LogP contribution in [0.15, 0.2) is 24.5 Å². The van der Waals surface area contributed by atoms with Crippen molar-refractivity contribution in [1.82, 2.24) is 4.98 Å². The Morgan fingerprint density at radius 2 is 1.83 bits per heavy atom. The lowest BCUT2D eigenvalue weighted by Crippen LogP contribution is -2.55. The Balaban J connectivity index is 1.43. The predicted molar refractivity (Wildman–Crippen MR) is 115 cm³/mol. The Bertz CT molecular complexity index is 853. The molecule has 1 aromatic heterocycles. The van der Waals surface area contributed by atoms with Gasteiger partial charge in [0, 0.05) is 18.0 Å². The molecule has 164 valence electrons. The summed E-state index contributed by atoms with van der Waals surface area (Å²) in [5.74, 6) is 3.06. The molecule has 1 heterocycles. The fraction of sp³-hybridized carbons (Fsp3) is 0.731. The third-order valence-electron chi connectivity index (χ3n) is 10.1. The second kappa shape index (κ2) is 7.12. The van der Waals surface area contributed by atoms with Crippen LogP contribution in [0.5, 0.6) is 0 Å². The van der Waals surface area contributed by atoms with Gasteiger partial charge in [0.2, 0.25) is 0 Å². The van der Waals surface area contributed by atoms with Crippen LogP contribution in [-0.2, 0) is 0 Å². The number of pyridine rings is 1. The van der Waals surface area contributed by atoms with Crippen LogP contribution in [0.1, 0.15) is 83.3 Å². The molecule has 4 aliphatic rings. The maximum Gasteiger partial charge on any atom is 0.265 e. The largest absolute Gasteiger partial charge is 0.393 e. The Kier molecular flexibility index (Phi) is 4.89. The van der Waals surface area contributed by atoms with Gasteiger partial charge < -0.3 is 5.11 Å². The van der Waals surface area contributed by atoms with Gasteiger partial charge in [-0.3, -0.25) is 4.98 Å². The second-order valence-electron chi connectivity index (χ2n) is 11.1. The van der Waals surface area contributed by atoms with E-state index in [9.17, 15) is 13.9 Å². The average molecular weight is 416 g/mol. The van der Waals surface area contributed by atoms with Gasteiger partial charge in [-0.1, -0.05) is 26.8 Å². The molecule has 30 heavy (non-hydrogen) atoms. The number of aliphatic hydroxyl groups is 1. The quantitative estimate of drug-likeness (QED) is 0.586. The maximum absolute atomic E-state index is 13.3. The van der Waals surface area contributed by atoms with Crippen LogP contribution in [0.2, 0.25) is 0 Å². The first-order valence-electron chi connectivity index (χ1n) is 11.9. The molecule has 1 N–H and O–H groups in total. The summed E-state index contributed by atoms with van der Waals surface area (Å²) >= 11 is 0. The second-order valence-corrected chi connectivity index (χ2v) is 11.1. The first kappa shape index (κ1) is 20.6. The Morgan fingerprint density at radius 1 is 1.03 bits per heavy atom. The minimum Gasteiger partial charge on any atom is -0.393 e. The molecule has 4 heteroatoms.